The second-order valence-electron chi connectivity index (χ2n) is 4.79. The number of aryl methyl sites for hydroxylation is 1. The summed E-state index contributed by atoms with van der Waals surface area (Å²) in [7, 11) is 1.81. The van der Waals surface area contributed by atoms with Crippen LogP contribution < -0.4 is 5.73 Å². The van der Waals surface area contributed by atoms with Gasteiger partial charge in [0.1, 0.15) is 11.8 Å². The van der Waals surface area contributed by atoms with E-state index in [1.165, 1.54) is 12.8 Å². The van der Waals surface area contributed by atoms with Crippen LogP contribution in [0.2, 0.25) is 0 Å². The Kier molecular flexibility index (Phi) is 3.71. The molecule has 1 aromatic rings. The summed E-state index contributed by atoms with van der Waals surface area (Å²) < 4.78 is 7.25. The number of anilines is 1. The van der Waals surface area contributed by atoms with Crippen molar-refractivity contribution in [2.75, 3.05) is 5.73 Å². The smallest absolute Gasteiger partial charge is 0.355 e. The van der Waals surface area contributed by atoms with Crippen LogP contribution in [-0.2, 0) is 11.8 Å². The minimum absolute atomic E-state index is 0.0844. The molecule has 4 nitrogen and oxygen atoms in total. The molecular formula is C13H20N2O2. The fraction of sp³-hybridized carbons (Fsp3) is 0.615. The van der Waals surface area contributed by atoms with Gasteiger partial charge in [0, 0.05) is 13.2 Å². The number of carbonyl (C=O) groups is 1. The quantitative estimate of drug-likeness (QED) is 0.634. The molecule has 0 bridgehead atoms. The predicted octanol–water partition coefficient (Wildman–Crippen LogP) is 2.49. The lowest BCUT2D eigenvalue weighted by Gasteiger charge is -2.15. The van der Waals surface area contributed by atoms with E-state index in [9.17, 15) is 4.79 Å². The van der Waals surface area contributed by atoms with E-state index in [0.717, 1.165) is 25.7 Å². The topological polar surface area (TPSA) is 57.2 Å². The fourth-order valence-corrected chi connectivity index (χ4v) is 2.36. The van der Waals surface area contributed by atoms with Crippen LogP contribution in [0.1, 0.15) is 49.0 Å². The number of carbonyl (C=O) groups excluding carboxylic acids is 1. The standard InChI is InChI=1S/C13H20N2O2/c1-15-9-10(14)8-12(15)13(16)17-11-6-4-2-3-5-7-11/h8-9,11H,2-7,14H2,1H3. The summed E-state index contributed by atoms with van der Waals surface area (Å²) in [5.41, 5.74) is 6.78. The number of aromatic nitrogens is 1. The Labute approximate surface area is 102 Å². The van der Waals surface area contributed by atoms with Gasteiger partial charge in [-0.25, -0.2) is 4.79 Å². The third-order valence-electron chi connectivity index (χ3n) is 3.31. The van der Waals surface area contributed by atoms with Crippen molar-refractivity contribution in [2.24, 2.45) is 7.05 Å². The van der Waals surface area contributed by atoms with Crippen molar-refractivity contribution in [3.63, 3.8) is 0 Å². The summed E-state index contributed by atoms with van der Waals surface area (Å²) in [6, 6.07) is 1.67. The molecule has 4 heteroatoms. The number of esters is 1. The molecule has 0 spiro atoms. The SMILES string of the molecule is Cn1cc(N)cc1C(=O)OC1CCCCCC1. The van der Waals surface area contributed by atoms with Gasteiger partial charge in [-0.2, -0.15) is 0 Å². The van der Waals surface area contributed by atoms with Crippen molar-refractivity contribution in [2.45, 2.75) is 44.6 Å². The zero-order valence-electron chi connectivity index (χ0n) is 10.3. The summed E-state index contributed by atoms with van der Waals surface area (Å²) in [5, 5.41) is 0. The number of hydrogen-bond donors (Lipinski definition) is 1. The van der Waals surface area contributed by atoms with Gasteiger partial charge in [0.25, 0.3) is 0 Å². The maximum Gasteiger partial charge on any atom is 0.355 e. The Morgan fingerprint density at radius 1 is 1.35 bits per heavy atom. The third-order valence-corrected chi connectivity index (χ3v) is 3.31. The monoisotopic (exact) mass is 236 g/mol. The van der Waals surface area contributed by atoms with Gasteiger partial charge in [0.15, 0.2) is 0 Å². The molecule has 0 atom stereocenters. The number of nitrogens with zero attached hydrogens (tertiary/aromatic N) is 1. The van der Waals surface area contributed by atoms with E-state index in [0.29, 0.717) is 11.4 Å². The van der Waals surface area contributed by atoms with E-state index in [-0.39, 0.29) is 12.1 Å². The fourth-order valence-electron chi connectivity index (χ4n) is 2.36. The number of nitrogen functional groups attached to an aromatic ring is 1. The molecule has 1 aliphatic rings. The highest BCUT2D eigenvalue weighted by Gasteiger charge is 2.19. The van der Waals surface area contributed by atoms with Crippen LogP contribution in [0, 0.1) is 0 Å². The second kappa shape index (κ2) is 5.25. The van der Waals surface area contributed by atoms with Crippen molar-refractivity contribution in [3.05, 3.63) is 18.0 Å². The Bertz CT molecular complexity index is 390. The Morgan fingerprint density at radius 2 is 2.00 bits per heavy atom. The zero-order chi connectivity index (χ0) is 12.3. The molecule has 0 unspecified atom stereocenters. The highest BCUT2D eigenvalue weighted by molar-refractivity contribution is 5.89. The van der Waals surface area contributed by atoms with Gasteiger partial charge in [0.2, 0.25) is 0 Å². The molecule has 17 heavy (non-hydrogen) atoms. The zero-order valence-corrected chi connectivity index (χ0v) is 10.3. The minimum Gasteiger partial charge on any atom is -0.458 e. The molecule has 1 aromatic heterocycles. The van der Waals surface area contributed by atoms with Gasteiger partial charge in [0.05, 0.1) is 5.69 Å². The maximum absolute atomic E-state index is 12.0. The molecule has 0 radical (unpaired) electrons. The molecule has 94 valence electrons. The van der Waals surface area contributed by atoms with Crippen molar-refractivity contribution in [3.8, 4) is 0 Å². The number of nitrogens with two attached hydrogens (primary N) is 1. The average Bonchev–Trinajstić information content (AvgIpc) is 2.51. The summed E-state index contributed by atoms with van der Waals surface area (Å²) in [4.78, 5) is 12.0. The number of ether oxygens (including phenoxy) is 1. The Morgan fingerprint density at radius 3 is 2.53 bits per heavy atom. The summed E-state index contributed by atoms with van der Waals surface area (Å²) in [5.74, 6) is -0.254. The molecular weight excluding hydrogens is 216 g/mol. The number of hydrogen-bond acceptors (Lipinski definition) is 3. The van der Waals surface area contributed by atoms with E-state index in [4.69, 9.17) is 10.5 Å². The Balaban J connectivity index is 1.98. The molecule has 1 heterocycles. The first kappa shape index (κ1) is 12.0. The first-order chi connectivity index (χ1) is 8.16. The average molecular weight is 236 g/mol. The van der Waals surface area contributed by atoms with E-state index >= 15 is 0 Å². The van der Waals surface area contributed by atoms with Crippen LogP contribution in [0.15, 0.2) is 12.3 Å². The van der Waals surface area contributed by atoms with E-state index in [2.05, 4.69) is 0 Å². The van der Waals surface area contributed by atoms with E-state index < -0.39 is 0 Å². The largest absolute Gasteiger partial charge is 0.458 e. The van der Waals surface area contributed by atoms with Crippen LogP contribution in [0.25, 0.3) is 0 Å². The van der Waals surface area contributed by atoms with Crippen molar-refractivity contribution < 1.29 is 9.53 Å². The third kappa shape index (κ3) is 3.02. The lowest BCUT2D eigenvalue weighted by Crippen LogP contribution is -2.19. The first-order valence-electron chi connectivity index (χ1n) is 6.29. The van der Waals surface area contributed by atoms with Crippen LogP contribution in [-0.4, -0.2) is 16.6 Å². The minimum atomic E-state index is -0.254. The molecule has 2 rings (SSSR count). The van der Waals surface area contributed by atoms with Crippen molar-refractivity contribution >= 4 is 11.7 Å². The summed E-state index contributed by atoms with van der Waals surface area (Å²) in [6.45, 7) is 0. The van der Waals surface area contributed by atoms with Crippen LogP contribution in [0.5, 0.6) is 0 Å². The van der Waals surface area contributed by atoms with Crippen molar-refractivity contribution in [1.82, 2.24) is 4.57 Å². The van der Waals surface area contributed by atoms with Gasteiger partial charge in [-0.1, -0.05) is 12.8 Å². The molecule has 1 saturated carbocycles. The molecule has 0 aliphatic heterocycles. The van der Waals surface area contributed by atoms with Crippen LogP contribution >= 0.6 is 0 Å². The molecule has 2 N–H and O–H groups in total. The maximum atomic E-state index is 12.0. The van der Waals surface area contributed by atoms with Gasteiger partial charge in [-0.05, 0) is 31.7 Å². The predicted molar refractivity (Wildman–Crippen MR) is 66.7 cm³/mol. The van der Waals surface area contributed by atoms with Gasteiger partial charge < -0.3 is 15.0 Å². The molecule has 0 amide bonds. The molecule has 1 fully saturated rings. The van der Waals surface area contributed by atoms with Gasteiger partial charge >= 0.3 is 5.97 Å². The van der Waals surface area contributed by atoms with E-state index in [1.807, 2.05) is 0 Å². The van der Waals surface area contributed by atoms with E-state index in [1.54, 1.807) is 23.9 Å². The lowest BCUT2D eigenvalue weighted by atomic mass is 10.1. The lowest BCUT2D eigenvalue weighted by molar-refractivity contribution is 0.0256. The van der Waals surface area contributed by atoms with Gasteiger partial charge in [-0.3, -0.25) is 0 Å². The highest BCUT2D eigenvalue weighted by Crippen LogP contribution is 2.21. The summed E-state index contributed by atoms with van der Waals surface area (Å²) in [6.07, 6.45) is 8.62. The highest BCUT2D eigenvalue weighted by atomic mass is 16.5. The van der Waals surface area contributed by atoms with Crippen LogP contribution in [0.3, 0.4) is 0 Å². The molecule has 0 aromatic carbocycles. The molecule has 0 saturated heterocycles. The van der Waals surface area contributed by atoms with Crippen molar-refractivity contribution in [1.29, 1.82) is 0 Å². The first-order valence-corrected chi connectivity index (χ1v) is 6.29. The number of rotatable bonds is 2. The summed E-state index contributed by atoms with van der Waals surface area (Å²) >= 11 is 0. The van der Waals surface area contributed by atoms with Crippen LogP contribution in [0.4, 0.5) is 5.69 Å². The Hall–Kier alpha value is -1.45. The molecule has 1 aliphatic carbocycles. The van der Waals surface area contributed by atoms with Gasteiger partial charge in [-0.15, -0.1) is 0 Å². The second-order valence-corrected chi connectivity index (χ2v) is 4.79. The normalized spacial score (nSPS) is 17.7.